The van der Waals surface area contributed by atoms with Crippen LogP contribution in [-0.4, -0.2) is 88.9 Å². The minimum Gasteiger partial charge on any atom is -0.493 e. The van der Waals surface area contributed by atoms with Gasteiger partial charge in [-0.05, 0) is 52.0 Å². The van der Waals surface area contributed by atoms with Crippen molar-refractivity contribution in [3.05, 3.63) is 29.3 Å². The van der Waals surface area contributed by atoms with Crippen molar-refractivity contribution in [3.8, 4) is 5.75 Å². The van der Waals surface area contributed by atoms with Gasteiger partial charge in [0.05, 0.1) is 13.2 Å². The summed E-state index contributed by atoms with van der Waals surface area (Å²) in [5, 5.41) is 6.84. The van der Waals surface area contributed by atoms with Crippen molar-refractivity contribution in [1.82, 2.24) is 20.4 Å². The Hall–Kier alpha value is -1.10. The highest BCUT2D eigenvalue weighted by Crippen LogP contribution is 2.21. The van der Waals surface area contributed by atoms with Crippen LogP contribution < -0.4 is 15.4 Å². The molecule has 0 unspecified atom stereocenters. The van der Waals surface area contributed by atoms with E-state index in [9.17, 15) is 0 Å². The molecule has 1 aromatic carbocycles. The highest BCUT2D eigenvalue weighted by atomic mass is 127. The number of benzene rings is 1. The van der Waals surface area contributed by atoms with Gasteiger partial charge in [0, 0.05) is 58.4 Å². The molecule has 0 spiro atoms. The zero-order chi connectivity index (χ0) is 21.6. The monoisotopic (exact) mass is 547 g/mol. The topological polar surface area (TPSA) is 61.4 Å². The third-order valence-electron chi connectivity index (χ3n) is 5.26. The number of hydrogen-bond donors (Lipinski definition) is 2. The fourth-order valence-electron chi connectivity index (χ4n) is 3.47. The van der Waals surface area contributed by atoms with E-state index < -0.39 is 0 Å². The SMILES string of the molecule is CCNC(=NCc1ccc(C)cc1OCCCOC)NCCN1CCCN(C)CC1.I. The van der Waals surface area contributed by atoms with Gasteiger partial charge in [0.1, 0.15) is 5.75 Å². The third-order valence-corrected chi connectivity index (χ3v) is 5.26. The summed E-state index contributed by atoms with van der Waals surface area (Å²) in [4.78, 5) is 9.74. The van der Waals surface area contributed by atoms with Crippen LogP contribution in [0.25, 0.3) is 0 Å². The summed E-state index contributed by atoms with van der Waals surface area (Å²) >= 11 is 0. The molecule has 0 saturated carbocycles. The molecule has 1 saturated heterocycles. The van der Waals surface area contributed by atoms with E-state index in [4.69, 9.17) is 14.5 Å². The smallest absolute Gasteiger partial charge is 0.191 e. The van der Waals surface area contributed by atoms with Gasteiger partial charge in [-0.3, -0.25) is 0 Å². The second-order valence-electron chi connectivity index (χ2n) is 7.93. The third kappa shape index (κ3) is 11.4. The average Bonchev–Trinajstić information content (AvgIpc) is 2.94. The maximum atomic E-state index is 5.99. The van der Waals surface area contributed by atoms with Gasteiger partial charge in [0.25, 0.3) is 0 Å². The molecule has 7 nitrogen and oxygen atoms in total. The molecular formula is C23H42IN5O2. The molecule has 0 aliphatic carbocycles. The number of guanidine groups is 1. The van der Waals surface area contributed by atoms with E-state index in [-0.39, 0.29) is 24.0 Å². The molecule has 2 N–H and O–H groups in total. The number of hydrogen-bond acceptors (Lipinski definition) is 5. The van der Waals surface area contributed by atoms with E-state index in [1.165, 1.54) is 25.1 Å². The van der Waals surface area contributed by atoms with Crippen LogP contribution in [0.2, 0.25) is 0 Å². The molecule has 2 rings (SSSR count). The lowest BCUT2D eigenvalue weighted by molar-refractivity contribution is 0.172. The first-order chi connectivity index (χ1) is 14.6. The zero-order valence-corrected chi connectivity index (χ0v) is 22.1. The first-order valence-electron chi connectivity index (χ1n) is 11.3. The minimum atomic E-state index is 0. The van der Waals surface area contributed by atoms with Crippen molar-refractivity contribution >= 4 is 29.9 Å². The summed E-state index contributed by atoms with van der Waals surface area (Å²) in [5.74, 6) is 1.77. The molecule has 1 heterocycles. The van der Waals surface area contributed by atoms with Crippen LogP contribution in [0, 0.1) is 6.92 Å². The van der Waals surface area contributed by atoms with E-state index in [0.29, 0.717) is 19.8 Å². The van der Waals surface area contributed by atoms with Crippen molar-refractivity contribution < 1.29 is 9.47 Å². The Bertz CT molecular complexity index is 644. The minimum absolute atomic E-state index is 0. The molecule has 0 amide bonds. The second-order valence-corrected chi connectivity index (χ2v) is 7.93. The van der Waals surface area contributed by atoms with Crippen LogP contribution in [0.5, 0.6) is 5.75 Å². The van der Waals surface area contributed by atoms with E-state index in [1.807, 2.05) is 0 Å². The molecular weight excluding hydrogens is 505 g/mol. The Morgan fingerprint density at radius 2 is 1.97 bits per heavy atom. The molecule has 1 aromatic rings. The predicted octanol–water partition coefficient (Wildman–Crippen LogP) is 2.72. The van der Waals surface area contributed by atoms with Crippen molar-refractivity contribution in [2.75, 3.05) is 73.2 Å². The lowest BCUT2D eigenvalue weighted by Crippen LogP contribution is -2.42. The molecule has 0 radical (unpaired) electrons. The van der Waals surface area contributed by atoms with Crippen molar-refractivity contribution in [1.29, 1.82) is 0 Å². The Balaban J connectivity index is 0.00000480. The lowest BCUT2D eigenvalue weighted by Gasteiger charge is -2.21. The maximum absolute atomic E-state index is 5.99. The van der Waals surface area contributed by atoms with Gasteiger partial charge in [-0.15, -0.1) is 24.0 Å². The number of nitrogens with one attached hydrogen (secondary N) is 2. The van der Waals surface area contributed by atoms with E-state index in [0.717, 1.165) is 56.4 Å². The number of likely N-dealkylation sites (N-methyl/N-ethyl adjacent to an activating group) is 1. The molecule has 0 atom stereocenters. The fourth-order valence-corrected chi connectivity index (χ4v) is 3.47. The van der Waals surface area contributed by atoms with Crippen LogP contribution >= 0.6 is 24.0 Å². The molecule has 8 heteroatoms. The van der Waals surface area contributed by atoms with E-state index in [2.05, 4.69) is 59.5 Å². The number of halogens is 1. The summed E-state index contributed by atoms with van der Waals surface area (Å²) in [6.45, 7) is 13.6. The van der Waals surface area contributed by atoms with Crippen LogP contribution in [-0.2, 0) is 11.3 Å². The number of aryl methyl sites for hydroxylation is 1. The highest BCUT2D eigenvalue weighted by Gasteiger charge is 2.11. The van der Waals surface area contributed by atoms with Gasteiger partial charge >= 0.3 is 0 Å². The standard InChI is InChI=1S/C23H41N5O2.HI/c1-5-24-23(25-10-13-28-12-6-11-27(3)14-15-28)26-19-21-9-8-20(2)18-22(21)30-17-7-16-29-4;/h8-9,18H,5-7,10-17,19H2,1-4H3,(H2,24,25,26);1H. The predicted molar refractivity (Wildman–Crippen MR) is 140 cm³/mol. The first-order valence-corrected chi connectivity index (χ1v) is 11.3. The van der Waals surface area contributed by atoms with Crippen molar-refractivity contribution in [2.45, 2.75) is 33.2 Å². The number of methoxy groups -OCH3 is 1. The number of rotatable bonds is 11. The lowest BCUT2D eigenvalue weighted by atomic mass is 10.1. The van der Waals surface area contributed by atoms with E-state index in [1.54, 1.807) is 7.11 Å². The maximum Gasteiger partial charge on any atom is 0.191 e. The Morgan fingerprint density at radius 1 is 1.13 bits per heavy atom. The van der Waals surface area contributed by atoms with E-state index >= 15 is 0 Å². The summed E-state index contributed by atoms with van der Waals surface area (Å²) in [6.07, 6.45) is 2.12. The van der Waals surface area contributed by atoms with Gasteiger partial charge in [-0.2, -0.15) is 0 Å². The summed E-state index contributed by atoms with van der Waals surface area (Å²) in [6, 6.07) is 6.32. The summed E-state index contributed by atoms with van der Waals surface area (Å²) in [7, 11) is 3.92. The molecule has 178 valence electrons. The second kappa shape index (κ2) is 16.5. The first kappa shape index (κ1) is 27.9. The normalized spacial score (nSPS) is 15.8. The largest absolute Gasteiger partial charge is 0.493 e. The fraction of sp³-hybridized carbons (Fsp3) is 0.696. The zero-order valence-electron chi connectivity index (χ0n) is 19.8. The number of ether oxygens (including phenoxy) is 2. The summed E-state index contributed by atoms with van der Waals surface area (Å²) in [5.41, 5.74) is 2.29. The van der Waals surface area contributed by atoms with Gasteiger partial charge in [0.2, 0.25) is 0 Å². The van der Waals surface area contributed by atoms with Gasteiger partial charge in [-0.25, -0.2) is 4.99 Å². The Labute approximate surface area is 206 Å². The molecule has 1 aliphatic heterocycles. The number of aliphatic imine (C=N–C) groups is 1. The van der Waals surface area contributed by atoms with Crippen LogP contribution in [0.4, 0.5) is 0 Å². The molecule has 31 heavy (non-hydrogen) atoms. The molecule has 1 aliphatic rings. The van der Waals surface area contributed by atoms with Crippen molar-refractivity contribution in [3.63, 3.8) is 0 Å². The van der Waals surface area contributed by atoms with Crippen LogP contribution in [0.1, 0.15) is 30.9 Å². The average molecular weight is 548 g/mol. The highest BCUT2D eigenvalue weighted by molar-refractivity contribution is 14.0. The van der Waals surface area contributed by atoms with Crippen molar-refractivity contribution in [2.24, 2.45) is 4.99 Å². The Morgan fingerprint density at radius 3 is 2.74 bits per heavy atom. The van der Waals surface area contributed by atoms with Gasteiger partial charge in [0.15, 0.2) is 5.96 Å². The molecule has 0 aromatic heterocycles. The van der Waals surface area contributed by atoms with Gasteiger partial charge < -0.3 is 29.9 Å². The van der Waals surface area contributed by atoms with Crippen LogP contribution in [0.15, 0.2) is 23.2 Å². The quantitative estimate of drug-likeness (QED) is 0.192. The number of nitrogens with zero attached hydrogens (tertiary/aromatic N) is 3. The Kier molecular flexibility index (Phi) is 14.9. The molecule has 0 bridgehead atoms. The summed E-state index contributed by atoms with van der Waals surface area (Å²) < 4.78 is 11.1. The van der Waals surface area contributed by atoms with Gasteiger partial charge in [-0.1, -0.05) is 12.1 Å². The van der Waals surface area contributed by atoms with Crippen LogP contribution in [0.3, 0.4) is 0 Å². The molecule has 1 fully saturated rings.